The van der Waals surface area contributed by atoms with Crippen LogP contribution in [0.4, 0.5) is 0 Å². The quantitative estimate of drug-likeness (QED) is 0.800. The summed E-state index contributed by atoms with van der Waals surface area (Å²) in [6.07, 6.45) is 0.302. The first-order valence-electron chi connectivity index (χ1n) is 6.74. The van der Waals surface area contributed by atoms with E-state index in [1.165, 1.54) is 0 Å². The van der Waals surface area contributed by atoms with E-state index in [-0.39, 0.29) is 18.6 Å². The Morgan fingerprint density at radius 2 is 1.70 bits per heavy atom. The van der Waals surface area contributed by atoms with E-state index in [9.17, 15) is 4.79 Å². The topological polar surface area (TPSA) is 81.8 Å². The van der Waals surface area contributed by atoms with Crippen LogP contribution < -0.4 is 15.2 Å². The summed E-state index contributed by atoms with van der Waals surface area (Å²) >= 11 is 0. The predicted molar refractivity (Wildman–Crippen MR) is 77.3 cm³/mol. The van der Waals surface area contributed by atoms with Crippen LogP contribution in [0.15, 0.2) is 18.2 Å². The highest BCUT2D eigenvalue weighted by Crippen LogP contribution is 2.30. The molecule has 112 valence electrons. The Hall–Kier alpha value is -1.75. The van der Waals surface area contributed by atoms with Gasteiger partial charge in [-0.1, -0.05) is 6.07 Å². The maximum Gasteiger partial charge on any atom is 0.320 e. The van der Waals surface area contributed by atoms with Crippen molar-refractivity contribution in [2.24, 2.45) is 5.73 Å². The lowest BCUT2D eigenvalue weighted by Crippen LogP contribution is -2.32. The van der Waals surface area contributed by atoms with Crippen LogP contribution >= 0.6 is 0 Å². The van der Waals surface area contributed by atoms with Crippen molar-refractivity contribution in [3.05, 3.63) is 23.8 Å². The van der Waals surface area contributed by atoms with Gasteiger partial charge in [-0.3, -0.25) is 4.79 Å². The molecule has 3 N–H and O–H groups in total. The Kier molecular flexibility index (Phi) is 5.82. The fourth-order valence-electron chi connectivity index (χ4n) is 1.72. The van der Waals surface area contributed by atoms with Crippen LogP contribution in [0.2, 0.25) is 0 Å². The van der Waals surface area contributed by atoms with Crippen LogP contribution in [0.3, 0.4) is 0 Å². The summed E-state index contributed by atoms with van der Waals surface area (Å²) in [7, 11) is 0. The van der Waals surface area contributed by atoms with Gasteiger partial charge in [0, 0.05) is 0 Å². The molecule has 0 aromatic heterocycles. The van der Waals surface area contributed by atoms with Crippen molar-refractivity contribution in [3.63, 3.8) is 0 Å². The number of hydrogen-bond donors (Lipinski definition) is 2. The first-order valence-corrected chi connectivity index (χ1v) is 6.74. The van der Waals surface area contributed by atoms with Crippen LogP contribution in [-0.4, -0.2) is 29.3 Å². The van der Waals surface area contributed by atoms with Gasteiger partial charge in [0.15, 0.2) is 11.5 Å². The third-order valence-corrected chi connectivity index (χ3v) is 2.51. The van der Waals surface area contributed by atoms with Crippen molar-refractivity contribution in [1.29, 1.82) is 0 Å². The van der Waals surface area contributed by atoms with Gasteiger partial charge >= 0.3 is 5.97 Å². The summed E-state index contributed by atoms with van der Waals surface area (Å²) in [5.41, 5.74) is 6.36. The maximum absolute atomic E-state index is 10.8. The first-order chi connectivity index (χ1) is 9.29. The molecule has 0 spiro atoms. The largest absolute Gasteiger partial charge is 0.487 e. The molecule has 1 rings (SSSR count). The van der Waals surface area contributed by atoms with Gasteiger partial charge in [-0.2, -0.15) is 0 Å². The Morgan fingerprint density at radius 1 is 1.15 bits per heavy atom. The number of nitrogens with two attached hydrogens (primary N) is 1. The lowest BCUT2D eigenvalue weighted by molar-refractivity contribution is -0.138. The second-order valence-corrected chi connectivity index (χ2v) is 5.26. The molecular formula is C15H23NO4. The molecule has 0 amide bonds. The molecule has 1 atom stereocenters. The van der Waals surface area contributed by atoms with Crippen molar-refractivity contribution in [1.82, 2.24) is 0 Å². The molecule has 5 heteroatoms. The average molecular weight is 281 g/mol. The van der Waals surface area contributed by atoms with Crippen molar-refractivity contribution in [2.75, 3.05) is 0 Å². The number of benzene rings is 1. The summed E-state index contributed by atoms with van der Waals surface area (Å²) in [6.45, 7) is 7.73. The minimum atomic E-state index is -1.01. The Morgan fingerprint density at radius 3 is 2.20 bits per heavy atom. The molecule has 0 radical (unpaired) electrons. The van der Waals surface area contributed by atoms with Gasteiger partial charge in [0.1, 0.15) is 6.04 Å². The van der Waals surface area contributed by atoms with E-state index in [2.05, 4.69) is 0 Å². The van der Waals surface area contributed by atoms with Gasteiger partial charge in [0.05, 0.1) is 12.2 Å². The van der Waals surface area contributed by atoms with E-state index in [4.69, 9.17) is 20.3 Å². The van der Waals surface area contributed by atoms with Crippen LogP contribution in [-0.2, 0) is 11.2 Å². The van der Waals surface area contributed by atoms with E-state index >= 15 is 0 Å². The predicted octanol–water partition coefficient (Wildman–Crippen LogP) is 2.22. The molecule has 20 heavy (non-hydrogen) atoms. The number of carboxylic acids is 1. The van der Waals surface area contributed by atoms with Crippen LogP contribution in [0.1, 0.15) is 33.3 Å². The summed E-state index contributed by atoms with van der Waals surface area (Å²) in [4.78, 5) is 10.8. The number of carbonyl (C=O) groups is 1. The summed E-state index contributed by atoms with van der Waals surface area (Å²) in [5, 5.41) is 8.85. The minimum absolute atomic E-state index is 0.00732. The van der Waals surface area contributed by atoms with Crippen molar-refractivity contribution in [3.8, 4) is 11.5 Å². The van der Waals surface area contributed by atoms with Gasteiger partial charge in [-0.05, 0) is 51.8 Å². The highest BCUT2D eigenvalue weighted by atomic mass is 16.5. The highest BCUT2D eigenvalue weighted by molar-refractivity contribution is 5.73. The average Bonchev–Trinajstić information content (AvgIpc) is 2.31. The fraction of sp³-hybridized carbons (Fsp3) is 0.533. The zero-order valence-electron chi connectivity index (χ0n) is 12.4. The van der Waals surface area contributed by atoms with E-state index < -0.39 is 12.0 Å². The molecule has 0 fully saturated rings. The smallest absolute Gasteiger partial charge is 0.320 e. The lowest BCUT2D eigenvalue weighted by atomic mass is 10.1. The molecule has 0 aliphatic carbocycles. The van der Waals surface area contributed by atoms with Crippen molar-refractivity contribution < 1.29 is 19.4 Å². The molecule has 1 aromatic rings. The van der Waals surface area contributed by atoms with Gasteiger partial charge in [0.25, 0.3) is 0 Å². The summed E-state index contributed by atoms with van der Waals surface area (Å²) in [6, 6.07) is 4.48. The van der Waals surface area contributed by atoms with Gasteiger partial charge in [0.2, 0.25) is 0 Å². The first kappa shape index (κ1) is 16.3. The molecule has 0 bridgehead atoms. The maximum atomic E-state index is 10.8. The Bertz CT molecular complexity index is 457. The van der Waals surface area contributed by atoms with Crippen molar-refractivity contribution >= 4 is 5.97 Å². The van der Waals surface area contributed by atoms with Gasteiger partial charge in [-0.25, -0.2) is 0 Å². The monoisotopic (exact) mass is 281 g/mol. The minimum Gasteiger partial charge on any atom is -0.487 e. The lowest BCUT2D eigenvalue weighted by Gasteiger charge is -2.18. The van der Waals surface area contributed by atoms with Crippen LogP contribution in [0, 0.1) is 0 Å². The fourth-order valence-corrected chi connectivity index (χ4v) is 1.72. The molecule has 5 nitrogen and oxygen atoms in total. The second-order valence-electron chi connectivity index (χ2n) is 5.26. The van der Waals surface area contributed by atoms with Gasteiger partial charge in [-0.15, -0.1) is 0 Å². The Labute approximate surface area is 119 Å². The highest BCUT2D eigenvalue weighted by Gasteiger charge is 2.15. The third-order valence-electron chi connectivity index (χ3n) is 2.51. The SMILES string of the molecule is CC(C)Oc1ccc(C[C@H](N)C(=O)O)cc1OC(C)C. The summed E-state index contributed by atoms with van der Waals surface area (Å²) < 4.78 is 11.4. The van der Waals surface area contributed by atoms with Crippen LogP contribution in [0.5, 0.6) is 11.5 Å². The zero-order valence-corrected chi connectivity index (χ0v) is 12.4. The van der Waals surface area contributed by atoms with E-state index in [0.717, 1.165) is 5.56 Å². The van der Waals surface area contributed by atoms with E-state index in [1.54, 1.807) is 12.1 Å². The summed E-state index contributed by atoms with van der Waals surface area (Å²) in [5.74, 6) is 0.254. The third kappa shape index (κ3) is 5.09. The molecule has 0 aliphatic rings. The van der Waals surface area contributed by atoms with E-state index in [0.29, 0.717) is 11.5 Å². The molecule has 0 heterocycles. The standard InChI is InChI=1S/C15H23NO4/c1-9(2)19-13-6-5-11(7-12(16)15(17)18)8-14(13)20-10(3)4/h5-6,8-10,12H,7,16H2,1-4H3,(H,17,18)/t12-/m0/s1. The molecule has 1 aromatic carbocycles. The molecular weight excluding hydrogens is 258 g/mol. The number of ether oxygens (including phenoxy) is 2. The van der Waals surface area contributed by atoms with Gasteiger partial charge < -0.3 is 20.3 Å². The number of hydrogen-bond acceptors (Lipinski definition) is 4. The normalized spacial score (nSPS) is 12.6. The Balaban J connectivity index is 2.97. The molecule has 0 saturated heterocycles. The van der Waals surface area contributed by atoms with Crippen molar-refractivity contribution in [2.45, 2.75) is 52.4 Å². The molecule has 0 aliphatic heterocycles. The zero-order chi connectivity index (χ0) is 15.3. The van der Waals surface area contributed by atoms with E-state index in [1.807, 2.05) is 33.8 Å². The van der Waals surface area contributed by atoms with Crippen LogP contribution in [0.25, 0.3) is 0 Å². The second kappa shape index (κ2) is 7.14. The number of carboxylic acid groups (broad SMARTS) is 1. The molecule has 0 saturated carbocycles. The molecule has 0 unspecified atom stereocenters. The number of aliphatic carboxylic acids is 1. The number of rotatable bonds is 7.